The molecule has 1 heterocycles. The van der Waals surface area contributed by atoms with E-state index >= 15 is 0 Å². The molecule has 1 aliphatic rings. The molecule has 0 aliphatic carbocycles. The first-order valence-corrected chi connectivity index (χ1v) is 6.49. The number of hydrogen-bond acceptors (Lipinski definition) is 3. The lowest BCUT2D eigenvalue weighted by molar-refractivity contribution is -0.126. The fourth-order valence-electron chi connectivity index (χ4n) is 1.73. The van der Waals surface area contributed by atoms with E-state index in [1.165, 1.54) is 0 Å². The van der Waals surface area contributed by atoms with Crippen molar-refractivity contribution in [1.29, 1.82) is 0 Å². The highest BCUT2D eigenvalue weighted by Gasteiger charge is 2.24. The Bertz CT molecular complexity index is 391. The zero-order valence-electron chi connectivity index (χ0n) is 11.1. The van der Waals surface area contributed by atoms with Crippen molar-refractivity contribution in [3.8, 4) is 5.75 Å². The monoisotopic (exact) mass is 284 g/mol. The summed E-state index contributed by atoms with van der Waals surface area (Å²) < 4.78 is 5.50. The summed E-state index contributed by atoms with van der Waals surface area (Å²) in [5.41, 5.74) is 1.10. The van der Waals surface area contributed by atoms with E-state index in [0.717, 1.165) is 37.4 Å². The van der Waals surface area contributed by atoms with Gasteiger partial charge in [0.2, 0.25) is 5.91 Å². The van der Waals surface area contributed by atoms with Gasteiger partial charge in [0.1, 0.15) is 5.75 Å². The third kappa shape index (κ3) is 4.73. The summed E-state index contributed by atoms with van der Waals surface area (Å²) in [5, 5.41) is 6.03. The second kappa shape index (κ2) is 8.02. The molecule has 0 unspecified atom stereocenters. The van der Waals surface area contributed by atoms with Crippen molar-refractivity contribution in [2.24, 2.45) is 5.92 Å². The van der Waals surface area contributed by atoms with Crippen molar-refractivity contribution in [1.82, 2.24) is 10.6 Å². The summed E-state index contributed by atoms with van der Waals surface area (Å²) in [6, 6.07) is 7.87. The molecular formula is C14H21ClN2O2. The molecule has 0 aromatic heterocycles. The van der Waals surface area contributed by atoms with Crippen LogP contribution in [0, 0.1) is 5.92 Å². The van der Waals surface area contributed by atoms with Gasteiger partial charge in [-0.1, -0.05) is 19.1 Å². The lowest BCUT2D eigenvalue weighted by Gasteiger charge is -2.25. The second-order valence-electron chi connectivity index (χ2n) is 4.57. The summed E-state index contributed by atoms with van der Waals surface area (Å²) in [6.07, 6.45) is 1.01. The number of nitrogens with one attached hydrogen (secondary N) is 2. The van der Waals surface area contributed by atoms with Crippen LogP contribution in [0.1, 0.15) is 18.9 Å². The first-order chi connectivity index (χ1) is 8.79. The van der Waals surface area contributed by atoms with Gasteiger partial charge < -0.3 is 15.4 Å². The van der Waals surface area contributed by atoms with E-state index in [1.54, 1.807) is 0 Å². The van der Waals surface area contributed by atoms with Gasteiger partial charge in [-0.2, -0.15) is 0 Å². The topological polar surface area (TPSA) is 50.4 Å². The van der Waals surface area contributed by atoms with Gasteiger partial charge in [-0.3, -0.25) is 4.79 Å². The van der Waals surface area contributed by atoms with Crippen molar-refractivity contribution < 1.29 is 9.53 Å². The smallest absolute Gasteiger partial charge is 0.225 e. The van der Waals surface area contributed by atoms with Crippen LogP contribution in [0.2, 0.25) is 0 Å². The summed E-state index contributed by atoms with van der Waals surface area (Å²) >= 11 is 0. The molecule has 19 heavy (non-hydrogen) atoms. The van der Waals surface area contributed by atoms with Crippen LogP contribution in [0.15, 0.2) is 24.3 Å². The van der Waals surface area contributed by atoms with Gasteiger partial charge in [0.25, 0.3) is 0 Å². The summed E-state index contributed by atoms with van der Waals surface area (Å²) in [7, 11) is 0. The van der Waals surface area contributed by atoms with E-state index in [2.05, 4.69) is 17.6 Å². The molecule has 106 valence electrons. The Morgan fingerprint density at radius 2 is 2.05 bits per heavy atom. The molecule has 0 spiro atoms. The van der Waals surface area contributed by atoms with Crippen LogP contribution >= 0.6 is 12.4 Å². The highest BCUT2D eigenvalue weighted by atomic mass is 35.5. The van der Waals surface area contributed by atoms with Gasteiger partial charge in [0.15, 0.2) is 0 Å². The number of amides is 1. The zero-order valence-corrected chi connectivity index (χ0v) is 12.0. The fraction of sp³-hybridized carbons (Fsp3) is 0.500. The highest BCUT2D eigenvalue weighted by Crippen LogP contribution is 2.12. The van der Waals surface area contributed by atoms with Crippen LogP contribution < -0.4 is 15.4 Å². The Balaban J connectivity index is 0.00000180. The fourth-order valence-corrected chi connectivity index (χ4v) is 1.73. The minimum atomic E-state index is 0. The van der Waals surface area contributed by atoms with Crippen LogP contribution in [-0.2, 0) is 11.3 Å². The number of carbonyl (C=O) groups is 1. The molecule has 0 radical (unpaired) electrons. The first-order valence-electron chi connectivity index (χ1n) is 6.49. The van der Waals surface area contributed by atoms with Crippen LogP contribution in [0.25, 0.3) is 0 Å². The standard InChI is InChI=1S/C14H20N2O2.ClH/c1-2-7-18-13-5-3-11(4-6-13)8-16-14(17)12-9-15-10-12;/h3-6,12,15H,2,7-10H2,1H3,(H,16,17);1H. The number of benzene rings is 1. The summed E-state index contributed by atoms with van der Waals surface area (Å²) in [5.74, 6) is 1.17. The maximum Gasteiger partial charge on any atom is 0.225 e. The van der Waals surface area contributed by atoms with Gasteiger partial charge >= 0.3 is 0 Å². The molecular weight excluding hydrogens is 264 g/mol. The van der Waals surface area contributed by atoms with Gasteiger partial charge in [0.05, 0.1) is 12.5 Å². The molecule has 0 atom stereocenters. The number of rotatable bonds is 6. The van der Waals surface area contributed by atoms with Gasteiger partial charge in [-0.15, -0.1) is 12.4 Å². The average molecular weight is 285 g/mol. The van der Waals surface area contributed by atoms with Crippen molar-refractivity contribution >= 4 is 18.3 Å². The molecule has 5 heteroatoms. The molecule has 4 nitrogen and oxygen atoms in total. The molecule has 1 aromatic carbocycles. The normalized spacial score (nSPS) is 14.2. The maximum atomic E-state index is 11.6. The molecule has 2 N–H and O–H groups in total. The third-order valence-electron chi connectivity index (χ3n) is 3.02. The van der Waals surface area contributed by atoms with Crippen LogP contribution in [0.3, 0.4) is 0 Å². The van der Waals surface area contributed by atoms with Crippen molar-refractivity contribution in [2.45, 2.75) is 19.9 Å². The summed E-state index contributed by atoms with van der Waals surface area (Å²) in [4.78, 5) is 11.6. The minimum absolute atomic E-state index is 0. The Hall–Kier alpha value is -1.26. The van der Waals surface area contributed by atoms with Crippen LogP contribution in [0.5, 0.6) is 5.75 Å². The van der Waals surface area contributed by atoms with Crippen molar-refractivity contribution in [3.63, 3.8) is 0 Å². The average Bonchev–Trinajstić information content (AvgIpc) is 2.33. The van der Waals surface area contributed by atoms with Crippen LogP contribution in [0.4, 0.5) is 0 Å². The molecule has 1 saturated heterocycles. The zero-order chi connectivity index (χ0) is 12.8. The predicted molar refractivity (Wildman–Crippen MR) is 77.7 cm³/mol. The second-order valence-corrected chi connectivity index (χ2v) is 4.57. The Labute approximate surface area is 120 Å². The van der Waals surface area contributed by atoms with E-state index in [1.807, 2.05) is 24.3 Å². The molecule has 1 aliphatic heterocycles. The Morgan fingerprint density at radius 1 is 1.37 bits per heavy atom. The quantitative estimate of drug-likeness (QED) is 0.836. The van der Waals surface area contributed by atoms with Crippen LogP contribution in [-0.4, -0.2) is 25.6 Å². The number of ether oxygens (including phenoxy) is 1. The van der Waals surface area contributed by atoms with Crippen molar-refractivity contribution in [3.05, 3.63) is 29.8 Å². The minimum Gasteiger partial charge on any atom is -0.494 e. The Morgan fingerprint density at radius 3 is 2.58 bits per heavy atom. The molecule has 1 fully saturated rings. The third-order valence-corrected chi connectivity index (χ3v) is 3.02. The van der Waals surface area contributed by atoms with Gasteiger partial charge in [0, 0.05) is 19.6 Å². The molecule has 0 saturated carbocycles. The van der Waals surface area contributed by atoms with E-state index in [-0.39, 0.29) is 24.2 Å². The van der Waals surface area contributed by atoms with E-state index < -0.39 is 0 Å². The number of hydrogen-bond donors (Lipinski definition) is 2. The van der Waals surface area contributed by atoms with Gasteiger partial charge in [-0.25, -0.2) is 0 Å². The predicted octanol–water partition coefficient (Wildman–Crippen LogP) is 1.73. The van der Waals surface area contributed by atoms with E-state index in [9.17, 15) is 4.79 Å². The Kier molecular flexibility index (Phi) is 6.67. The SMILES string of the molecule is CCCOc1ccc(CNC(=O)C2CNC2)cc1.Cl. The lowest BCUT2D eigenvalue weighted by atomic mass is 10.0. The molecule has 1 amide bonds. The summed E-state index contributed by atoms with van der Waals surface area (Å²) in [6.45, 7) is 5.01. The largest absolute Gasteiger partial charge is 0.494 e. The number of carbonyl (C=O) groups excluding carboxylic acids is 1. The van der Waals surface area contributed by atoms with E-state index in [4.69, 9.17) is 4.74 Å². The molecule has 1 aromatic rings. The first kappa shape index (κ1) is 15.8. The van der Waals surface area contributed by atoms with E-state index in [0.29, 0.717) is 6.54 Å². The maximum absolute atomic E-state index is 11.6. The molecule has 0 bridgehead atoms. The van der Waals surface area contributed by atoms with Gasteiger partial charge in [-0.05, 0) is 24.1 Å². The lowest BCUT2D eigenvalue weighted by Crippen LogP contribution is -2.50. The molecule has 2 rings (SSSR count). The number of halogens is 1. The highest BCUT2D eigenvalue weighted by molar-refractivity contribution is 5.85. The van der Waals surface area contributed by atoms with Crippen molar-refractivity contribution in [2.75, 3.05) is 19.7 Å².